The van der Waals surface area contributed by atoms with Gasteiger partial charge in [0.05, 0.1) is 0 Å². The molecule has 1 aromatic rings. The van der Waals surface area contributed by atoms with E-state index in [9.17, 15) is 0 Å². The standard InChI is InChI=1S/C17H25NO/c1-3-13-8-10-17(11-9-13)12-15(18-2)14-6-4-5-7-16(14)19-17/h4-7,13,15,18H,3,8-12H2,1-2H3. The summed E-state index contributed by atoms with van der Waals surface area (Å²) in [5, 5.41) is 3.48. The van der Waals surface area contributed by atoms with Gasteiger partial charge in [-0.05, 0) is 44.7 Å². The molecule has 1 atom stereocenters. The molecule has 0 amide bonds. The minimum atomic E-state index is 0.0910. The summed E-state index contributed by atoms with van der Waals surface area (Å²) in [5.41, 5.74) is 1.42. The van der Waals surface area contributed by atoms with E-state index < -0.39 is 0 Å². The minimum absolute atomic E-state index is 0.0910. The van der Waals surface area contributed by atoms with E-state index in [0.717, 1.165) is 18.1 Å². The van der Waals surface area contributed by atoms with E-state index in [1.807, 2.05) is 0 Å². The van der Waals surface area contributed by atoms with Crippen molar-refractivity contribution in [1.29, 1.82) is 0 Å². The highest BCUT2D eigenvalue weighted by atomic mass is 16.5. The fourth-order valence-corrected chi connectivity index (χ4v) is 3.79. The van der Waals surface area contributed by atoms with Gasteiger partial charge < -0.3 is 10.1 Å². The third-order valence-electron chi connectivity index (χ3n) is 5.14. The molecular formula is C17H25NO. The summed E-state index contributed by atoms with van der Waals surface area (Å²) < 4.78 is 6.45. The second kappa shape index (κ2) is 5.16. The smallest absolute Gasteiger partial charge is 0.124 e. The molecule has 0 aromatic heterocycles. The summed E-state index contributed by atoms with van der Waals surface area (Å²) in [4.78, 5) is 0. The molecule has 19 heavy (non-hydrogen) atoms. The van der Waals surface area contributed by atoms with Crippen LogP contribution in [-0.4, -0.2) is 12.6 Å². The zero-order chi connectivity index (χ0) is 13.3. The van der Waals surface area contributed by atoms with Crippen molar-refractivity contribution in [2.45, 2.75) is 57.1 Å². The van der Waals surface area contributed by atoms with Crippen LogP contribution in [0.25, 0.3) is 0 Å². The molecule has 2 nitrogen and oxygen atoms in total. The first-order chi connectivity index (χ1) is 9.26. The Hall–Kier alpha value is -1.02. The Morgan fingerprint density at radius 2 is 2.00 bits per heavy atom. The predicted molar refractivity (Wildman–Crippen MR) is 78.5 cm³/mol. The summed E-state index contributed by atoms with van der Waals surface area (Å²) >= 11 is 0. The normalized spacial score (nSPS) is 33.8. The molecule has 3 rings (SSSR count). The molecular weight excluding hydrogens is 234 g/mol. The van der Waals surface area contributed by atoms with E-state index in [-0.39, 0.29) is 5.60 Å². The van der Waals surface area contributed by atoms with Gasteiger partial charge in [0.2, 0.25) is 0 Å². The molecule has 2 heteroatoms. The zero-order valence-electron chi connectivity index (χ0n) is 12.1. The number of hydrogen-bond donors (Lipinski definition) is 1. The predicted octanol–water partition coefficient (Wildman–Crippen LogP) is 4.07. The molecule has 1 spiro atoms. The van der Waals surface area contributed by atoms with E-state index >= 15 is 0 Å². The largest absolute Gasteiger partial charge is 0.487 e. The van der Waals surface area contributed by atoms with Gasteiger partial charge in [-0.2, -0.15) is 0 Å². The monoisotopic (exact) mass is 259 g/mol. The SMILES string of the molecule is CCC1CCC2(CC1)CC(NC)c1ccccc1O2. The molecule has 1 heterocycles. The van der Waals surface area contributed by atoms with Gasteiger partial charge in [0.1, 0.15) is 11.4 Å². The molecule has 0 bridgehead atoms. The molecule has 0 saturated heterocycles. The Bertz CT molecular complexity index is 435. The summed E-state index contributed by atoms with van der Waals surface area (Å²) in [6.45, 7) is 2.32. The van der Waals surface area contributed by atoms with Crippen LogP contribution >= 0.6 is 0 Å². The first kappa shape index (κ1) is 13.0. The second-order valence-corrected chi connectivity index (χ2v) is 6.22. The van der Waals surface area contributed by atoms with Gasteiger partial charge in [-0.15, -0.1) is 0 Å². The second-order valence-electron chi connectivity index (χ2n) is 6.22. The molecule has 1 aliphatic carbocycles. The van der Waals surface area contributed by atoms with E-state index in [1.165, 1.54) is 37.7 Å². The van der Waals surface area contributed by atoms with Crippen LogP contribution in [0, 0.1) is 5.92 Å². The number of hydrogen-bond acceptors (Lipinski definition) is 2. The van der Waals surface area contributed by atoms with Gasteiger partial charge in [-0.3, -0.25) is 0 Å². The Morgan fingerprint density at radius 1 is 1.26 bits per heavy atom. The van der Waals surface area contributed by atoms with Crippen molar-refractivity contribution in [2.75, 3.05) is 7.05 Å². The average Bonchev–Trinajstić information content (AvgIpc) is 2.47. The number of ether oxygens (including phenoxy) is 1. The maximum Gasteiger partial charge on any atom is 0.124 e. The van der Waals surface area contributed by atoms with Crippen molar-refractivity contribution in [1.82, 2.24) is 5.32 Å². The minimum Gasteiger partial charge on any atom is -0.487 e. The maximum absolute atomic E-state index is 6.45. The van der Waals surface area contributed by atoms with Gasteiger partial charge in [0.25, 0.3) is 0 Å². The van der Waals surface area contributed by atoms with Gasteiger partial charge in [0.15, 0.2) is 0 Å². The summed E-state index contributed by atoms with van der Waals surface area (Å²) in [6.07, 6.45) is 7.54. The number of fused-ring (bicyclic) bond motifs is 1. The van der Waals surface area contributed by atoms with Crippen molar-refractivity contribution < 1.29 is 4.74 Å². The van der Waals surface area contributed by atoms with E-state index in [2.05, 4.69) is 43.6 Å². The van der Waals surface area contributed by atoms with E-state index in [1.54, 1.807) is 0 Å². The van der Waals surface area contributed by atoms with Crippen LogP contribution in [0.5, 0.6) is 5.75 Å². The lowest BCUT2D eigenvalue weighted by atomic mass is 9.73. The van der Waals surface area contributed by atoms with Crippen LogP contribution in [0.2, 0.25) is 0 Å². The van der Waals surface area contributed by atoms with Crippen molar-refractivity contribution in [3.63, 3.8) is 0 Å². The van der Waals surface area contributed by atoms with Gasteiger partial charge in [-0.1, -0.05) is 31.5 Å². The molecule has 1 N–H and O–H groups in total. The highest BCUT2D eigenvalue weighted by Crippen LogP contribution is 2.47. The Kier molecular flexibility index (Phi) is 3.53. The fraction of sp³-hybridized carbons (Fsp3) is 0.647. The third-order valence-corrected chi connectivity index (χ3v) is 5.14. The summed E-state index contributed by atoms with van der Waals surface area (Å²) in [7, 11) is 2.07. The molecule has 0 radical (unpaired) electrons. The first-order valence-electron chi connectivity index (χ1n) is 7.71. The van der Waals surface area contributed by atoms with Crippen molar-refractivity contribution >= 4 is 0 Å². The summed E-state index contributed by atoms with van der Waals surface area (Å²) in [5.74, 6) is 2.02. The van der Waals surface area contributed by atoms with Gasteiger partial charge in [-0.25, -0.2) is 0 Å². The van der Waals surface area contributed by atoms with Crippen LogP contribution in [0.15, 0.2) is 24.3 Å². The topological polar surface area (TPSA) is 21.3 Å². The molecule has 1 unspecified atom stereocenters. The van der Waals surface area contributed by atoms with E-state index in [4.69, 9.17) is 4.74 Å². The molecule has 1 saturated carbocycles. The van der Waals surface area contributed by atoms with Crippen LogP contribution in [0.4, 0.5) is 0 Å². The van der Waals surface area contributed by atoms with Crippen LogP contribution in [0.1, 0.15) is 57.1 Å². The number of rotatable bonds is 2. The number of nitrogens with one attached hydrogen (secondary N) is 1. The lowest BCUT2D eigenvalue weighted by Crippen LogP contribution is -2.46. The lowest BCUT2D eigenvalue weighted by molar-refractivity contribution is -0.0142. The Labute approximate surface area is 116 Å². The lowest BCUT2D eigenvalue weighted by Gasteiger charge is -2.46. The molecule has 1 aliphatic heterocycles. The third kappa shape index (κ3) is 2.38. The fourth-order valence-electron chi connectivity index (χ4n) is 3.79. The number of para-hydroxylation sites is 1. The maximum atomic E-state index is 6.45. The van der Waals surface area contributed by atoms with Gasteiger partial charge in [0, 0.05) is 18.0 Å². The van der Waals surface area contributed by atoms with Crippen LogP contribution in [0.3, 0.4) is 0 Å². The molecule has 1 aromatic carbocycles. The molecule has 2 aliphatic rings. The Morgan fingerprint density at radius 3 is 2.68 bits per heavy atom. The summed E-state index contributed by atoms with van der Waals surface area (Å²) in [6, 6.07) is 8.97. The van der Waals surface area contributed by atoms with E-state index in [0.29, 0.717) is 6.04 Å². The highest BCUT2D eigenvalue weighted by Gasteiger charge is 2.42. The Balaban J connectivity index is 1.83. The van der Waals surface area contributed by atoms with Crippen molar-refractivity contribution in [3.05, 3.63) is 29.8 Å². The van der Waals surface area contributed by atoms with Crippen molar-refractivity contribution in [3.8, 4) is 5.75 Å². The molecule has 1 fully saturated rings. The molecule has 104 valence electrons. The van der Waals surface area contributed by atoms with Crippen LogP contribution in [-0.2, 0) is 0 Å². The number of benzene rings is 1. The zero-order valence-corrected chi connectivity index (χ0v) is 12.1. The van der Waals surface area contributed by atoms with Crippen molar-refractivity contribution in [2.24, 2.45) is 5.92 Å². The van der Waals surface area contributed by atoms with Crippen LogP contribution < -0.4 is 10.1 Å². The average molecular weight is 259 g/mol. The van der Waals surface area contributed by atoms with Gasteiger partial charge >= 0.3 is 0 Å². The highest BCUT2D eigenvalue weighted by molar-refractivity contribution is 5.39. The first-order valence-corrected chi connectivity index (χ1v) is 7.71. The quantitative estimate of drug-likeness (QED) is 0.864.